The number of hydrogen-bond acceptors (Lipinski definition) is 4. The Morgan fingerprint density at radius 1 is 1.03 bits per heavy atom. The molecular formula is C27H29NO3. The van der Waals surface area contributed by atoms with E-state index < -0.39 is 0 Å². The second-order valence-corrected chi connectivity index (χ2v) is 8.77. The molecule has 0 bridgehead atoms. The van der Waals surface area contributed by atoms with Crippen molar-refractivity contribution in [2.45, 2.75) is 32.2 Å². The molecule has 31 heavy (non-hydrogen) atoms. The number of carbonyl (C=O) groups excluding carboxylic acids is 1. The molecule has 3 aromatic carbocycles. The zero-order chi connectivity index (χ0) is 21.2. The number of aryl methyl sites for hydroxylation is 2. The van der Waals surface area contributed by atoms with E-state index in [1.807, 2.05) is 12.1 Å². The van der Waals surface area contributed by atoms with Crippen molar-refractivity contribution in [3.05, 3.63) is 76.9 Å². The van der Waals surface area contributed by atoms with E-state index in [1.165, 1.54) is 22.1 Å². The molecule has 0 radical (unpaired) electrons. The van der Waals surface area contributed by atoms with Gasteiger partial charge < -0.3 is 9.84 Å². The van der Waals surface area contributed by atoms with E-state index in [0.717, 1.165) is 62.0 Å². The van der Waals surface area contributed by atoms with Crippen LogP contribution in [0.2, 0.25) is 0 Å². The summed E-state index contributed by atoms with van der Waals surface area (Å²) in [6, 6.07) is 18.7. The number of Topliss-reactive ketones (excluding diaryl/α,β-unsaturated/α-hetero) is 1. The Morgan fingerprint density at radius 2 is 1.84 bits per heavy atom. The smallest absolute Gasteiger partial charge is 0.167 e. The van der Waals surface area contributed by atoms with Crippen molar-refractivity contribution in [3.8, 4) is 5.75 Å². The van der Waals surface area contributed by atoms with Gasteiger partial charge in [0.2, 0.25) is 0 Å². The van der Waals surface area contributed by atoms with Crippen LogP contribution in [-0.2, 0) is 19.4 Å². The molecule has 0 spiro atoms. The molecule has 0 unspecified atom stereocenters. The highest BCUT2D eigenvalue weighted by Gasteiger charge is 2.28. The number of aliphatic hydroxyl groups is 1. The van der Waals surface area contributed by atoms with Crippen molar-refractivity contribution < 1.29 is 14.6 Å². The number of ether oxygens (including phenoxy) is 1. The number of hydrogen-bond donors (Lipinski definition) is 1. The van der Waals surface area contributed by atoms with Crippen LogP contribution in [0.15, 0.2) is 54.6 Å². The molecule has 1 N–H and O–H groups in total. The maximum absolute atomic E-state index is 13.5. The van der Waals surface area contributed by atoms with E-state index in [-0.39, 0.29) is 12.5 Å². The second-order valence-electron chi connectivity index (χ2n) is 8.77. The summed E-state index contributed by atoms with van der Waals surface area (Å²) < 4.78 is 5.45. The van der Waals surface area contributed by atoms with Crippen LogP contribution in [0.4, 0.5) is 0 Å². The Hall–Kier alpha value is -2.69. The van der Waals surface area contributed by atoms with Gasteiger partial charge in [0, 0.05) is 24.6 Å². The number of nitrogens with zero attached hydrogens (tertiary/aromatic N) is 1. The molecule has 4 nitrogen and oxygen atoms in total. The van der Waals surface area contributed by atoms with Crippen molar-refractivity contribution in [1.29, 1.82) is 0 Å². The minimum Gasteiger partial charge on any atom is -0.491 e. The first-order chi connectivity index (χ1) is 15.2. The number of benzene rings is 3. The highest BCUT2D eigenvalue weighted by atomic mass is 16.5. The number of rotatable bonds is 7. The van der Waals surface area contributed by atoms with Crippen molar-refractivity contribution in [2.24, 2.45) is 5.92 Å². The van der Waals surface area contributed by atoms with Gasteiger partial charge in [0.15, 0.2) is 5.78 Å². The topological polar surface area (TPSA) is 49.8 Å². The van der Waals surface area contributed by atoms with Crippen LogP contribution in [0, 0.1) is 5.92 Å². The molecule has 0 amide bonds. The fourth-order valence-corrected chi connectivity index (χ4v) is 5.21. The van der Waals surface area contributed by atoms with Gasteiger partial charge in [-0.05, 0) is 71.8 Å². The zero-order valence-electron chi connectivity index (χ0n) is 17.8. The van der Waals surface area contributed by atoms with Crippen molar-refractivity contribution in [2.75, 3.05) is 26.3 Å². The quantitative estimate of drug-likeness (QED) is 0.581. The van der Waals surface area contributed by atoms with E-state index >= 15 is 0 Å². The van der Waals surface area contributed by atoms with Crippen LogP contribution in [0.1, 0.15) is 39.9 Å². The maximum atomic E-state index is 13.5. The first-order valence-electron chi connectivity index (χ1n) is 11.4. The molecule has 160 valence electrons. The van der Waals surface area contributed by atoms with Crippen LogP contribution in [0.25, 0.3) is 10.8 Å². The lowest BCUT2D eigenvalue weighted by molar-refractivity contribution is 0.0813. The molecule has 2 aliphatic rings. The first-order valence-corrected chi connectivity index (χ1v) is 11.4. The third-order valence-electron chi connectivity index (χ3n) is 6.71. The van der Waals surface area contributed by atoms with Crippen LogP contribution < -0.4 is 4.74 Å². The van der Waals surface area contributed by atoms with Gasteiger partial charge in [0.25, 0.3) is 0 Å². The number of piperidine rings is 1. The molecule has 1 aliphatic heterocycles. The van der Waals surface area contributed by atoms with Gasteiger partial charge in [0.05, 0.1) is 6.61 Å². The predicted molar refractivity (Wildman–Crippen MR) is 123 cm³/mol. The average molecular weight is 416 g/mol. The Morgan fingerprint density at radius 3 is 2.65 bits per heavy atom. The molecule has 1 fully saturated rings. The minimum atomic E-state index is 0.0181. The average Bonchev–Trinajstić information content (AvgIpc) is 3.24. The fourth-order valence-electron chi connectivity index (χ4n) is 5.21. The van der Waals surface area contributed by atoms with E-state index in [9.17, 15) is 4.79 Å². The monoisotopic (exact) mass is 415 g/mol. The summed E-state index contributed by atoms with van der Waals surface area (Å²) in [5.74, 6) is 1.13. The van der Waals surface area contributed by atoms with Gasteiger partial charge >= 0.3 is 0 Å². The molecule has 4 heteroatoms. The van der Waals surface area contributed by atoms with Crippen molar-refractivity contribution in [3.63, 3.8) is 0 Å². The largest absolute Gasteiger partial charge is 0.491 e. The van der Waals surface area contributed by atoms with Crippen LogP contribution in [0.3, 0.4) is 0 Å². The number of aliphatic hydroxyl groups excluding tert-OH is 1. The maximum Gasteiger partial charge on any atom is 0.167 e. The standard InChI is InChI=1S/C27H29NO3/c29-15-16-31-23-11-6-19(7-12-23)17-28-14-2-4-22(18-28)27(30)25-13-10-21-9-8-20-3-1-5-24(25)26(20)21/h1,3,5-7,10-13,22,29H,2,4,8-9,14-18H2/t22-/m1/s1. The summed E-state index contributed by atoms with van der Waals surface area (Å²) in [7, 11) is 0. The summed E-state index contributed by atoms with van der Waals surface area (Å²) in [6.45, 7) is 3.01. The Bertz CT molecular complexity index is 1080. The Kier molecular flexibility index (Phi) is 5.75. The SMILES string of the molecule is O=C(c1ccc2c3c(cccc13)CC2)[C@@H]1CCCN(Cc2ccc(OCCO)cc2)C1. The highest BCUT2D eigenvalue weighted by molar-refractivity contribution is 6.11. The first kappa shape index (κ1) is 20.2. The molecule has 1 atom stereocenters. The summed E-state index contributed by atoms with van der Waals surface area (Å²) in [5.41, 5.74) is 4.90. The lowest BCUT2D eigenvalue weighted by Gasteiger charge is -2.32. The van der Waals surface area contributed by atoms with E-state index in [0.29, 0.717) is 12.4 Å². The fraction of sp³-hybridized carbons (Fsp3) is 0.370. The third kappa shape index (κ3) is 4.10. The zero-order valence-corrected chi connectivity index (χ0v) is 17.8. The minimum absolute atomic E-state index is 0.0181. The van der Waals surface area contributed by atoms with Gasteiger partial charge in [-0.15, -0.1) is 0 Å². The van der Waals surface area contributed by atoms with Gasteiger partial charge in [-0.3, -0.25) is 9.69 Å². The van der Waals surface area contributed by atoms with E-state index in [4.69, 9.17) is 9.84 Å². The Labute approximate surface area is 183 Å². The van der Waals surface area contributed by atoms with Crippen molar-refractivity contribution >= 4 is 16.6 Å². The summed E-state index contributed by atoms with van der Waals surface area (Å²) in [5, 5.41) is 11.3. The van der Waals surface area contributed by atoms with Gasteiger partial charge in [-0.1, -0.05) is 42.5 Å². The van der Waals surface area contributed by atoms with Crippen LogP contribution in [0.5, 0.6) is 5.75 Å². The normalized spacial score (nSPS) is 18.4. The molecular weight excluding hydrogens is 386 g/mol. The van der Waals surface area contributed by atoms with Gasteiger partial charge in [-0.2, -0.15) is 0 Å². The molecule has 0 saturated carbocycles. The van der Waals surface area contributed by atoms with Gasteiger partial charge in [0.1, 0.15) is 12.4 Å². The second kappa shape index (κ2) is 8.81. The number of likely N-dealkylation sites (tertiary alicyclic amines) is 1. The lowest BCUT2D eigenvalue weighted by atomic mass is 9.87. The van der Waals surface area contributed by atoms with Crippen LogP contribution in [-0.4, -0.2) is 42.1 Å². The van der Waals surface area contributed by atoms with Crippen molar-refractivity contribution in [1.82, 2.24) is 4.90 Å². The number of carbonyl (C=O) groups is 1. The van der Waals surface area contributed by atoms with Crippen LogP contribution >= 0.6 is 0 Å². The summed E-state index contributed by atoms with van der Waals surface area (Å²) in [6.07, 6.45) is 4.19. The molecule has 1 heterocycles. The predicted octanol–water partition coefficient (Wildman–Crippen LogP) is 4.40. The molecule has 3 aromatic rings. The molecule has 0 aromatic heterocycles. The molecule has 1 saturated heterocycles. The van der Waals surface area contributed by atoms with E-state index in [1.54, 1.807) is 0 Å². The molecule has 5 rings (SSSR count). The number of ketones is 1. The lowest BCUT2D eigenvalue weighted by Crippen LogP contribution is -2.38. The van der Waals surface area contributed by atoms with E-state index in [2.05, 4.69) is 47.4 Å². The summed E-state index contributed by atoms with van der Waals surface area (Å²) in [4.78, 5) is 15.9. The Balaban J connectivity index is 1.30. The highest BCUT2D eigenvalue weighted by Crippen LogP contribution is 2.34. The third-order valence-corrected chi connectivity index (χ3v) is 6.71. The summed E-state index contributed by atoms with van der Waals surface area (Å²) >= 11 is 0. The molecule has 1 aliphatic carbocycles. The van der Waals surface area contributed by atoms with Gasteiger partial charge in [-0.25, -0.2) is 0 Å².